The number of piperazine rings is 1. The van der Waals surface area contributed by atoms with E-state index in [1.54, 1.807) is 0 Å². The minimum atomic E-state index is 0.340. The smallest absolute Gasteiger partial charge is 0.0281 e. The van der Waals surface area contributed by atoms with Crippen molar-refractivity contribution in [2.45, 2.75) is 65.0 Å². The van der Waals surface area contributed by atoms with Gasteiger partial charge in [0.25, 0.3) is 0 Å². The molecule has 15 heavy (non-hydrogen) atoms. The second kappa shape index (κ2) is 5.86. The minimum Gasteiger partial charge on any atom is -0.314 e. The molecule has 1 heterocycles. The lowest BCUT2D eigenvalue weighted by Crippen LogP contribution is -2.61. The molecule has 0 saturated carbocycles. The minimum absolute atomic E-state index is 0.340. The lowest BCUT2D eigenvalue weighted by atomic mass is 9.94. The van der Waals surface area contributed by atoms with E-state index in [9.17, 15) is 0 Å². The van der Waals surface area contributed by atoms with Crippen LogP contribution in [0.15, 0.2) is 0 Å². The molecule has 1 saturated heterocycles. The summed E-state index contributed by atoms with van der Waals surface area (Å²) in [7, 11) is 0. The predicted molar refractivity (Wildman–Crippen MR) is 67.3 cm³/mol. The molecule has 0 aromatic rings. The summed E-state index contributed by atoms with van der Waals surface area (Å²) < 4.78 is 0. The Kier molecular flexibility index (Phi) is 5.07. The molecule has 0 bridgehead atoms. The van der Waals surface area contributed by atoms with Crippen molar-refractivity contribution >= 4 is 0 Å². The molecule has 1 fully saturated rings. The zero-order valence-corrected chi connectivity index (χ0v) is 11.0. The highest BCUT2D eigenvalue weighted by molar-refractivity contribution is 4.91. The summed E-state index contributed by atoms with van der Waals surface area (Å²) >= 11 is 0. The fourth-order valence-corrected chi connectivity index (χ4v) is 2.69. The predicted octanol–water partition coefficient (Wildman–Crippen LogP) is 2.64. The lowest BCUT2D eigenvalue weighted by molar-refractivity contribution is 0.0383. The van der Waals surface area contributed by atoms with Crippen molar-refractivity contribution < 1.29 is 0 Å². The quantitative estimate of drug-likeness (QED) is 0.753. The van der Waals surface area contributed by atoms with Gasteiger partial charge in [-0.25, -0.2) is 0 Å². The van der Waals surface area contributed by atoms with E-state index in [0.29, 0.717) is 5.54 Å². The first-order chi connectivity index (χ1) is 7.11. The summed E-state index contributed by atoms with van der Waals surface area (Å²) in [6.45, 7) is 12.9. The van der Waals surface area contributed by atoms with Crippen LogP contribution in [0.1, 0.15) is 53.4 Å². The number of hydrogen-bond donors (Lipinski definition) is 1. The van der Waals surface area contributed by atoms with Crippen molar-refractivity contribution in [3.05, 3.63) is 0 Å². The highest BCUT2D eigenvalue weighted by Gasteiger charge is 2.33. The summed E-state index contributed by atoms with van der Waals surface area (Å²) in [5.74, 6) is 0. The highest BCUT2D eigenvalue weighted by Crippen LogP contribution is 2.23. The van der Waals surface area contributed by atoms with Gasteiger partial charge in [-0.1, -0.05) is 26.7 Å². The number of rotatable bonds is 5. The monoisotopic (exact) mass is 212 g/mol. The molecule has 1 rings (SSSR count). The van der Waals surface area contributed by atoms with E-state index in [0.717, 1.165) is 19.1 Å². The van der Waals surface area contributed by atoms with Gasteiger partial charge < -0.3 is 5.32 Å². The molecular weight excluding hydrogens is 184 g/mol. The topological polar surface area (TPSA) is 15.3 Å². The number of nitrogens with one attached hydrogen (secondary N) is 1. The van der Waals surface area contributed by atoms with E-state index in [4.69, 9.17) is 0 Å². The third kappa shape index (κ3) is 3.46. The third-order valence-corrected chi connectivity index (χ3v) is 3.67. The van der Waals surface area contributed by atoms with E-state index in [1.807, 2.05) is 0 Å². The fraction of sp³-hybridized carbons (Fsp3) is 1.00. The fourth-order valence-electron chi connectivity index (χ4n) is 2.69. The Bertz CT molecular complexity index is 177. The van der Waals surface area contributed by atoms with E-state index >= 15 is 0 Å². The van der Waals surface area contributed by atoms with E-state index in [-0.39, 0.29) is 0 Å². The Morgan fingerprint density at radius 1 is 1.33 bits per heavy atom. The molecule has 1 N–H and O–H groups in total. The summed E-state index contributed by atoms with van der Waals surface area (Å²) in [5, 5.41) is 3.50. The van der Waals surface area contributed by atoms with Crippen molar-refractivity contribution in [3.8, 4) is 0 Å². The first kappa shape index (κ1) is 13.0. The van der Waals surface area contributed by atoms with Crippen LogP contribution in [0.2, 0.25) is 0 Å². The van der Waals surface area contributed by atoms with Crippen LogP contribution in [-0.4, -0.2) is 36.1 Å². The first-order valence-electron chi connectivity index (χ1n) is 6.59. The van der Waals surface area contributed by atoms with Crippen molar-refractivity contribution in [2.75, 3.05) is 19.6 Å². The first-order valence-corrected chi connectivity index (χ1v) is 6.59. The molecule has 0 radical (unpaired) electrons. The maximum atomic E-state index is 3.50. The Morgan fingerprint density at radius 3 is 2.60 bits per heavy atom. The second-order valence-corrected chi connectivity index (χ2v) is 5.39. The average molecular weight is 212 g/mol. The van der Waals surface area contributed by atoms with Gasteiger partial charge in [-0.05, 0) is 26.7 Å². The Balaban J connectivity index is 2.56. The van der Waals surface area contributed by atoms with Crippen LogP contribution in [0, 0.1) is 0 Å². The largest absolute Gasteiger partial charge is 0.314 e. The molecule has 2 nitrogen and oxygen atoms in total. The van der Waals surface area contributed by atoms with Crippen LogP contribution >= 0.6 is 0 Å². The summed E-state index contributed by atoms with van der Waals surface area (Å²) in [4.78, 5) is 2.72. The van der Waals surface area contributed by atoms with Crippen molar-refractivity contribution in [1.82, 2.24) is 10.2 Å². The molecular formula is C13H28N2. The SMILES string of the molecule is CCCCC(CC)N1CCNCC1(C)C. The molecule has 0 amide bonds. The van der Waals surface area contributed by atoms with Crippen LogP contribution in [0.5, 0.6) is 0 Å². The summed E-state index contributed by atoms with van der Waals surface area (Å²) in [5.41, 5.74) is 0.340. The Hall–Kier alpha value is -0.0800. The van der Waals surface area contributed by atoms with Crippen molar-refractivity contribution in [1.29, 1.82) is 0 Å². The second-order valence-electron chi connectivity index (χ2n) is 5.39. The molecule has 0 aliphatic carbocycles. The molecule has 90 valence electrons. The molecule has 0 aromatic carbocycles. The van der Waals surface area contributed by atoms with Gasteiger partial charge >= 0.3 is 0 Å². The summed E-state index contributed by atoms with van der Waals surface area (Å²) in [6, 6.07) is 0.794. The molecule has 1 atom stereocenters. The Labute approximate surface area is 95.4 Å². The van der Waals surface area contributed by atoms with Crippen LogP contribution in [-0.2, 0) is 0 Å². The standard InChI is InChI=1S/C13H28N2/c1-5-7-8-12(6-2)15-10-9-14-11-13(15,3)4/h12,14H,5-11H2,1-4H3. The maximum absolute atomic E-state index is 3.50. The molecule has 1 aliphatic heterocycles. The molecule has 1 unspecified atom stereocenters. The third-order valence-electron chi connectivity index (χ3n) is 3.67. The normalized spacial score (nSPS) is 24.0. The molecule has 1 aliphatic rings. The Morgan fingerprint density at radius 2 is 2.07 bits per heavy atom. The van der Waals surface area contributed by atoms with Gasteiger partial charge in [-0.2, -0.15) is 0 Å². The van der Waals surface area contributed by atoms with Crippen LogP contribution in [0.25, 0.3) is 0 Å². The van der Waals surface area contributed by atoms with Gasteiger partial charge in [0, 0.05) is 31.2 Å². The molecule has 0 aromatic heterocycles. The maximum Gasteiger partial charge on any atom is 0.0281 e. The van der Waals surface area contributed by atoms with E-state index < -0.39 is 0 Å². The van der Waals surface area contributed by atoms with Gasteiger partial charge in [0.2, 0.25) is 0 Å². The van der Waals surface area contributed by atoms with Crippen molar-refractivity contribution in [3.63, 3.8) is 0 Å². The number of unbranched alkanes of at least 4 members (excludes halogenated alkanes) is 1. The van der Waals surface area contributed by atoms with Gasteiger partial charge in [-0.15, -0.1) is 0 Å². The number of hydrogen-bond acceptors (Lipinski definition) is 2. The lowest BCUT2D eigenvalue weighted by Gasteiger charge is -2.47. The van der Waals surface area contributed by atoms with Gasteiger partial charge in [0.1, 0.15) is 0 Å². The van der Waals surface area contributed by atoms with Crippen LogP contribution in [0.3, 0.4) is 0 Å². The zero-order chi connectivity index (χ0) is 11.3. The number of nitrogens with zero attached hydrogens (tertiary/aromatic N) is 1. The zero-order valence-electron chi connectivity index (χ0n) is 11.0. The van der Waals surface area contributed by atoms with E-state index in [1.165, 1.54) is 32.2 Å². The highest BCUT2D eigenvalue weighted by atomic mass is 15.3. The van der Waals surface area contributed by atoms with Crippen LogP contribution in [0.4, 0.5) is 0 Å². The van der Waals surface area contributed by atoms with Crippen LogP contribution < -0.4 is 5.32 Å². The van der Waals surface area contributed by atoms with Gasteiger partial charge in [0.15, 0.2) is 0 Å². The van der Waals surface area contributed by atoms with E-state index in [2.05, 4.69) is 37.9 Å². The van der Waals surface area contributed by atoms with Gasteiger partial charge in [0.05, 0.1) is 0 Å². The van der Waals surface area contributed by atoms with Crippen molar-refractivity contribution in [2.24, 2.45) is 0 Å². The summed E-state index contributed by atoms with van der Waals surface area (Å²) in [6.07, 6.45) is 5.36. The molecule has 2 heteroatoms. The van der Waals surface area contributed by atoms with Gasteiger partial charge in [-0.3, -0.25) is 4.90 Å². The molecule has 0 spiro atoms. The average Bonchev–Trinajstić information content (AvgIpc) is 2.20.